The molecule has 0 amide bonds. The second-order valence-corrected chi connectivity index (χ2v) is 7.90. The molecule has 0 atom stereocenters. The highest BCUT2D eigenvalue weighted by atomic mass is 32.1. The first-order chi connectivity index (χ1) is 14.8. The van der Waals surface area contributed by atoms with E-state index in [2.05, 4.69) is 30.3 Å². The van der Waals surface area contributed by atoms with Crippen molar-refractivity contribution in [2.45, 2.75) is 0 Å². The predicted octanol–water partition coefficient (Wildman–Crippen LogP) is 6.65. The van der Waals surface area contributed by atoms with Crippen molar-refractivity contribution in [3.8, 4) is 16.9 Å². The number of thiophene rings is 1. The van der Waals surface area contributed by atoms with Crippen LogP contribution in [0.15, 0.2) is 103 Å². The maximum Gasteiger partial charge on any atom is 0.195 e. The van der Waals surface area contributed by atoms with Gasteiger partial charge in [-0.25, -0.2) is 4.68 Å². The largest absolute Gasteiger partial charge is 0.288 e. The van der Waals surface area contributed by atoms with E-state index in [-0.39, 0.29) is 5.78 Å². The van der Waals surface area contributed by atoms with E-state index in [9.17, 15) is 4.79 Å². The molecule has 0 N–H and O–H groups in total. The van der Waals surface area contributed by atoms with Crippen molar-refractivity contribution >= 4 is 34.0 Å². The van der Waals surface area contributed by atoms with E-state index < -0.39 is 0 Å². The van der Waals surface area contributed by atoms with E-state index in [0.29, 0.717) is 0 Å². The van der Waals surface area contributed by atoms with Crippen LogP contribution in [0.25, 0.3) is 33.8 Å². The standard InChI is InChI=1S/C26H18N2OS/c29-24(25-11-6-16-30-25)15-14-22-18-28(23-9-2-1-3-10-23)27-26(22)21-13-12-19-7-4-5-8-20(19)17-21/h1-18H. The number of aromatic nitrogens is 2. The van der Waals surface area contributed by atoms with Crippen LogP contribution in [-0.4, -0.2) is 15.6 Å². The van der Waals surface area contributed by atoms with Gasteiger partial charge >= 0.3 is 0 Å². The van der Waals surface area contributed by atoms with Crippen molar-refractivity contribution in [2.24, 2.45) is 0 Å². The fourth-order valence-electron chi connectivity index (χ4n) is 3.45. The molecule has 0 saturated heterocycles. The third-order valence-corrected chi connectivity index (χ3v) is 5.85. The predicted molar refractivity (Wildman–Crippen MR) is 124 cm³/mol. The fourth-order valence-corrected chi connectivity index (χ4v) is 4.09. The van der Waals surface area contributed by atoms with Crippen molar-refractivity contribution in [3.63, 3.8) is 0 Å². The van der Waals surface area contributed by atoms with Gasteiger partial charge in [0.2, 0.25) is 0 Å². The fraction of sp³-hybridized carbons (Fsp3) is 0. The van der Waals surface area contributed by atoms with Crippen LogP contribution in [0.1, 0.15) is 15.2 Å². The Balaban J connectivity index is 1.60. The summed E-state index contributed by atoms with van der Waals surface area (Å²) >= 11 is 1.45. The number of ketones is 1. The first-order valence-corrected chi connectivity index (χ1v) is 10.6. The maximum atomic E-state index is 12.5. The van der Waals surface area contributed by atoms with E-state index >= 15 is 0 Å². The summed E-state index contributed by atoms with van der Waals surface area (Å²) in [5.74, 6) is 0.00178. The minimum Gasteiger partial charge on any atom is -0.288 e. The molecule has 5 aromatic rings. The highest BCUT2D eigenvalue weighted by Crippen LogP contribution is 2.28. The molecular weight excluding hydrogens is 388 g/mol. The lowest BCUT2D eigenvalue weighted by molar-refractivity contribution is 0.105. The molecule has 2 heterocycles. The first-order valence-electron chi connectivity index (χ1n) is 9.68. The molecule has 0 aliphatic carbocycles. The van der Waals surface area contributed by atoms with Crippen LogP contribution in [0, 0.1) is 0 Å². The Morgan fingerprint density at radius 1 is 0.867 bits per heavy atom. The quantitative estimate of drug-likeness (QED) is 0.242. The lowest BCUT2D eigenvalue weighted by Crippen LogP contribution is -1.94. The van der Waals surface area contributed by atoms with Crippen LogP contribution < -0.4 is 0 Å². The zero-order valence-electron chi connectivity index (χ0n) is 16.1. The average Bonchev–Trinajstić information content (AvgIpc) is 3.48. The third-order valence-electron chi connectivity index (χ3n) is 4.96. The van der Waals surface area contributed by atoms with Crippen LogP contribution in [0.2, 0.25) is 0 Å². The summed E-state index contributed by atoms with van der Waals surface area (Å²) in [7, 11) is 0. The Hall–Kier alpha value is -3.76. The number of rotatable bonds is 5. The summed E-state index contributed by atoms with van der Waals surface area (Å²) in [6.07, 6.45) is 5.46. The molecule has 0 radical (unpaired) electrons. The van der Waals surface area contributed by atoms with Gasteiger partial charge in [0.05, 0.1) is 16.3 Å². The summed E-state index contributed by atoms with van der Waals surface area (Å²) in [5.41, 5.74) is 3.74. The second-order valence-electron chi connectivity index (χ2n) is 6.95. The molecule has 0 saturated carbocycles. The maximum absolute atomic E-state index is 12.5. The van der Waals surface area contributed by atoms with Crippen LogP contribution in [-0.2, 0) is 0 Å². The van der Waals surface area contributed by atoms with E-state index in [1.54, 1.807) is 6.08 Å². The molecule has 3 aromatic carbocycles. The number of fused-ring (bicyclic) bond motifs is 1. The number of carbonyl (C=O) groups excluding carboxylic acids is 1. The zero-order chi connectivity index (χ0) is 20.3. The Bertz CT molecular complexity index is 1350. The number of nitrogens with zero attached hydrogens (tertiary/aromatic N) is 2. The van der Waals surface area contributed by atoms with Crippen molar-refractivity contribution in [1.82, 2.24) is 9.78 Å². The normalized spacial score (nSPS) is 11.3. The first kappa shape index (κ1) is 18.3. The zero-order valence-corrected chi connectivity index (χ0v) is 16.9. The molecule has 3 nitrogen and oxygen atoms in total. The second kappa shape index (κ2) is 7.93. The molecule has 30 heavy (non-hydrogen) atoms. The number of hydrogen-bond donors (Lipinski definition) is 0. The molecule has 0 spiro atoms. The van der Waals surface area contributed by atoms with Gasteiger partial charge in [0.15, 0.2) is 5.78 Å². The summed E-state index contributed by atoms with van der Waals surface area (Å²) in [4.78, 5) is 13.2. The molecular formula is C26H18N2OS. The minimum absolute atomic E-state index is 0.00178. The van der Waals surface area contributed by atoms with Crippen molar-refractivity contribution in [3.05, 3.63) is 113 Å². The molecule has 0 fully saturated rings. The van der Waals surface area contributed by atoms with Gasteiger partial charge in [-0.15, -0.1) is 11.3 Å². The monoisotopic (exact) mass is 406 g/mol. The van der Waals surface area contributed by atoms with Crippen LogP contribution in [0.4, 0.5) is 0 Å². The minimum atomic E-state index is 0.00178. The Morgan fingerprint density at radius 2 is 1.67 bits per heavy atom. The topological polar surface area (TPSA) is 34.9 Å². The molecule has 0 bridgehead atoms. The number of hydrogen-bond acceptors (Lipinski definition) is 3. The smallest absolute Gasteiger partial charge is 0.195 e. The molecule has 144 valence electrons. The van der Waals surface area contributed by atoms with Gasteiger partial charge in [-0.2, -0.15) is 5.10 Å². The van der Waals surface area contributed by atoms with Gasteiger partial charge in [-0.05, 0) is 52.6 Å². The average molecular weight is 407 g/mol. The molecule has 5 rings (SSSR count). The van der Waals surface area contributed by atoms with Gasteiger partial charge in [0.25, 0.3) is 0 Å². The molecule has 0 aliphatic rings. The lowest BCUT2D eigenvalue weighted by Gasteiger charge is -2.03. The molecule has 0 unspecified atom stereocenters. The Labute approximate surface area is 178 Å². The summed E-state index contributed by atoms with van der Waals surface area (Å²) in [6, 6.07) is 28.3. The van der Waals surface area contributed by atoms with Gasteiger partial charge in [0, 0.05) is 17.3 Å². The van der Waals surface area contributed by atoms with Crippen molar-refractivity contribution in [2.75, 3.05) is 0 Å². The van der Waals surface area contributed by atoms with Crippen LogP contribution >= 0.6 is 11.3 Å². The number of carbonyl (C=O) groups is 1. The number of benzene rings is 3. The third kappa shape index (κ3) is 3.61. The summed E-state index contributed by atoms with van der Waals surface area (Å²) in [5, 5.41) is 9.12. The molecule has 4 heteroatoms. The lowest BCUT2D eigenvalue weighted by atomic mass is 10.0. The van der Waals surface area contributed by atoms with E-state index in [1.807, 2.05) is 76.9 Å². The summed E-state index contributed by atoms with van der Waals surface area (Å²) < 4.78 is 1.86. The van der Waals surface area contributed by atoms with E-state index in [1.165, 1.54) is 16.7 Å². The molecule has 2 aromatic heterocycles. The van der Waals surface area contributed by atoms with E-state index in [4.69, 9.17) is 5.10 Å². The Morgan fingerprint density at radius 3 is 2.47 bits per heavy atom. The van der Waals surface area contributed by atoms with Crippen molar-refractivity contribution < 1.29 is 4.79 Å². The van der Waals surface area contributed by atoms with Crippen molar-refractivity contribution in [1.29, 1.82) is 0 Å². The van der Waals surface area contributed by atoms with Gasteiger partial charge in [-0.3, -0.25) is 4.79 Å². The van der Waals surface area contributed by atoms with Gasteiger partial charge < -0.3 is 0 Å². The Kier molecular flexibility index (Phi) is 4.83. The van der Waals surface area contributed by atoms with E-state index in [0.717, 1.165) is 32.8 Å². The number of para-hydroxylation sites is 1. The number of allylic oxidation sites excluding steroid dienone is 1. The highest BCUT2D eigenvalue weighted by molar-refractivity contribution is 7.12. The van der Waals surface area contributed by atoms with Gasteiger partial charge in [0.1, 0.15) is 0 Å². The van der Waals surface area contributed by atoms with Crippen LogP contribution in [0.3, 0.4) is 0 Å². The SMILES string of the molecule is O=C(C=Cc1cn(-c2ccccc2)nc1-c1ccc2ccccc2c1)c1cccs1. The van der Waals surface area contributed by atoms with Gasteiger partial charge in [-0.1, -0.05) is 60.7 Å². The van der Waals surface area contributed by atoms with Crippen LogP contribution in [0.5, 0.6) is 0 Å². The summed E-state index contributed by atoms with van der Waals surface area (Å²) in [6.45, 7) is 0. The highest BCUT2D eigenvalue weighted by Gasteiger charge is 2.12. The molecule has 0 aliphatic heterocycles.